The van der Waals surface area contributed by atoms with Gasteiger partial charge in [0.2, 0.25) is 10.0 Å². The number of hydrogen-bond donors (Lipinski definition) is 1. The van der Waals surface area contributed by atoms with Gasteiger partial charge in [-0.1, -0.05) is 0 Å². The number of morpholine rings is 1. The van der Waals surface area contributed by atoms with E-state index in [0.29, 0.717) is 31.1 Å². The summed E-state index contributed by atoms with van der Waals surface area (Å²) in [4.78, 5) is 0.163. The van der Waals surface area contributed by atoms with Gasteiger partial charge in [0.1, 0.15) is 5.75 Å². The van der Waals surface area contributed by atoms with Crippen LogP contribution in [0.2, 0.25) is 0 Å². The van der Waals surface area contributed by atoms with Gasteiger partial charge in [-0.3, -0.25) is 0 Å². The highest BCUT2D eigenvalue weighted by atomic mass is 32.2. The van der Waals surface area contributed by atoms with E-state index in [9.17, 15) is 13.5 Å². The van der Waals surface area contributed by atoms with E-state index in [1.54, 1.807) is 6.07 Å². The Kier molecular flexibility index (Phi) is 4.64. The molecule has 7 heteroatoms. The third-order valence-corrected chi connectivity index (χ3v) is 5.35. The van der Waals surface area contributed by atoms with Crippen LogP contribution in [-0.4, -0.2) is 50.7 Å². The van der Waals surface area contributed by atoms with Gasteiger partial charge in [-0.2, -0.15) is 4.31 Å². The average Bonchev–Trinajstić information content (AvgIpc) is 2.46. The Balaban J connectivity index is 2.38. The smallest absolute Gasteiger partial charge is 0.243 e. The van der Waals surface area contributed by atoms with E-state index in [0.717, 1.165) is 0 Å². The van der Waals surface area contributed by atoms with Crippen LogP contribution in [0.1, 0.15) is 12.5 Å². The molecular weight excluding hydrogens is 282 g/mol. The molecule has 0 saturated carbocycles. The summed E-state index contributed by atoms with van der Waals surface area (Å²) < 4.78 is 37.0. The third-order valence-electron chi connectivity index (χ3n) is 3.34. The Morgan fingerprint density at radius 1 is 1.50 bits per heavy atom. The van der Waals surface area contributed by atoms with Crippen LogP contribution in [0, 0.1) is 0 Å². The molecule has 1 aromatic carbocycles. The standard InChI is InChI=1S/C13H19NO5S/c1-10-9-19-6-5-14(10)20(16,17)12-3-4-13(18-2)11(7-12)8-15/h3-4,7,10,15H,5-6,8-9H2,1-2H3. The number of nitrogens with zero attached hydrogens (tertiary/aromatic N) is 1. The summed E-state index contributed by atoms with van der Waals surface area (Å²) in [5.41, 5.74) is 0.453. The van der Waals surface area contributed by atoms with Crippen LogP contribution in [0.3, 0.4) is 0 Å². The first-order chi connectivity index (χ1) is 9.50. The number of hydrogen-bond acceptors (Lipinski definition) is 5. The summed E-state index contributed by atoms with van der Waals surface area (Å²) >= 11 is 0. The summed E-state index contributed by atoms with van der Waals surface area (Å²) in [6.07, 6.45) is 0. The van der Waals surface area contributed by atoms with Crippen molar-refractivity contribution in [3.8, 4) is 5.75 Å². The zero-order valence-electron chi connectivity index (χ0n) is 11.6. The first-order valence-electron chi connectivity index (χ1n) is 6.38. The van der Waals surface area contributed by atoms with Crippen molar-refractivity contribution in [1.82, 2.24) is 4.31 Å². The molecule has 0 aromatic heterocycles. The first-order valence-corrected chi connectivity index (χ1v) is 7.82. The van der Waals surface area contributed by atoms with Gasteiger partial charge in [-0.15, -0.1) is 0 Å². The van der Waals surface area contributed by atoms with Gasteiger partial charge >= 0.3 is 0 Å². The molecule has 1 saturated heterocycles. The second-order valence-electron chi connectivity index (χ2n) is 4.67. The van der Waals surface area contributed by atoms with Crippen LogP contribution < -0.4 is 4.74 Å². The monoisotopic (exact) mass is 301 g/mol. The maximum absolute atomic E-state index is 12.6. The number of aliphatic hydroxyl groups excluding tert-OH is 1. The summed E-state index contributed by atoms with van der Waals surface area (Å²) in [6.45, 7) is 2.66. The number of methoxy groups -OCH3 is 1. The maximum Gasteiger partial charge on any atom is 0.243 e. The van der Waals surface area contributed by atoms with E-state index in [-0.39, 0.29) is 17.5 Å². The van der Waals surface area contributed by atoms with E-state index < -0.39 is 10.0 Å². The topological polar surface area (TPSA) is 76.1 Å². The van der Waals surface area contributed by atoms with Gasteiger partial charge in [0.05, 0.1) is 31.8 Å². The minimum absolute atomic E-state index is 0.163. The van der Waals surface area contributed by atoms with E-state index >= 15 is 0 Å². The first kappa shape index (κ1) is 15.2. The third kappa shape index (κ3) is 2.80. The Morgan fingerprint density at radius 3 is 2.85 bits per heavy atom. The molecular formula is C13H19NO5S. The molecule has 0 aliphatic carbocycles. The highest BCUT2D eigenvalue weighted by molar-refractivity contribution is 7.89. The molecule has 0 spiro atoms. The van der Waals surface area contributed by atoms with Gasteiger partial charge in [0.15, 0.2) is 0 Å². The van der Waals surface area contributed by atoms with Crippen molar-refractivity contribution in [3.63, 3.8) is 0 Å². The van der Waals surface area contributed by atoms with Crippen molar-refractivity contribution in [3.05, 3.63) is 23.8 Å². The second-order valence-corrected chi connectivity index (χ2v) is 6.56. The summed E-state index contributed by atoms with van der Waals surface area (Å²) in [5, 5.41) is 9.29. The molecule has 1 fully saturated rings. The molecule has 0 amide bonds. The van der Waals surface area contributed by atoms with Gasteiger partial charge < -0.3 is 14.6 Å². The molecule has 0 bridgehead atoms. The van der Waals surface area contributed by atoms with Crippen molar-refractivity contribution < 1.29 is 23.0 Å². The van der Waals surface area contributed by atoms with Crippen LogP contribution >= 0.6 is 0 Å². The molecule has 1 heterocycles. The van der Waals surface area contributed by atoms with Gasteiger partial charge in [0.25, 0.3) is 0 Å². The number of rotatable bonds is 4. The van der Waals surface area contributed by atoms with E-state index in [1.165, 1.54) is 23.5 Å². The van der Waals surface area contributed by atoms with Crippen molar-refractivity contribution in [2.75, 3.05) is 26.9 Å². The number of aliphatic hydroxyl groups is 1. The lowest BCUT2D eigenvalue weighted by molar-refractivity contribution is 0.0392. The van der Waals surface area contributed by atoms with E-state index in [4.69, 9.17) is 9.47 Å². The average molecular weight is 301 g/mol. The number of benzene rings is 1. The van der Waals surface area contributed by atoms with Crippen LogP contribution in [0.4, 0.5) is 0 Å². The van der Waals surface area contributed by atoms with Crippen LogP contribution in [0.25, 0.3) is 0 Å². The lowest BCUT2D eigenvalue weighted by Gasteiger charge is -2.32. The lowest BCUT2D eigenvalue weighted by atomic mass is 10.2. The molecule has 20 heavy (non-hydrogen) atoms. The van der Waals surface area contributed by atoms with Crippen LogP contribution in [0.5, 0.6) is 5.75 Å². The molecule has 1 aliphatic rings. The number of sulfonamides is 1. The molecule has 112 valence electrons. The van der Waals surface area contributed by atoms with Crippen molar-refractivity contribution >= 4 is 10.0 Å². The highest BCUT2D eigenvalue weighted by Crippen LogP contribution is 2.26. The lowest BCUT2D eigenvalue weighted by Crippen LogP contribution is -2.46. The molecule has 1 atom stereocenters. The Morgan fingerprint density at radius 2 is 2.25 bits per heavy atom. The van der Waals surface area contributed by atoms with Gasteiger partial charge in [-0.25, -0.2) is 8.42 Å². The van der Waals surface area contributed by atoms with E-state index in [1.807, 2.05) is 6.92 Å². The van der Waals surface area contributed by atoms with Crippen LogP contribution in [-0.2, 0) is 21.4 Å². The molecule has 1 unspecified atom stereocenters. The van der Waals surface area contributed by atoms with E-state index in [2.05, 4.69) is 0 Å². The molecule has 1 N–H and O–H groups in total. The fourth-order valence-electron chi connectivity index (χ4n) is 2.24. The van der Waals surface area contributed by atoms with Gasteiger partial charge in [0, 0.05) is 18.2 Å². The fourth-order valence-corrected chi connectivity index (χ4v) is 3.89. The largest absolute Gasteiger partial charge is 0.496 e. The number of ether oxygens (including phenoxy) is 2. The van der Waals surface area contributed by atoms with Crippen molar-refractivity contribution in [1.29, 1.82) is 0 Å². The summed E-state index contributed by atoms with van der Waals surface area (Å²) in [5.74, 6) is 0.474. The van der Waals surface area contributed by atoms with Gasteiger partial charge in [-0.05, 0) is 25.1 Å². The maximum atomic E-state index is 12.6. The zero-order chi connectivity index (χ0) is 14.8. The fraction of sp³-hybridized carbons (Fsp3) is 0.538. The summed E-state index contributed by atoms with van der Waals surface area (Å²) in [6, 6.07) is 4.31. The zero-order valence-corrected chi connectivity index (χ0v) is 12.4. The Bertz CT molecular complexity index is 572. The van der Waals surface area contributed by atoms with Crippen LogP contribution in [0.15, 0.2) is 23.1 Å². The SMILES string of the molecule is COc1ccc(S(=O)(=O)N2CCOCC2C)cc1CO. The molecule has 2 rings (SSSR count). The quantitative estimate of drug-likeness (QED) is 0.881. The molecule has 6 nitrogen and oxygen atoms in total. The minimum atomic E-state index is -3.58. The highest BCUT2D eigenvalue weighted by Gasteiger charge is 2.31. The molecule has 1 aromatic rings. The minimum Gasteiger partial charge on any atom is -0.496 e. The Labute approximate surface area is 119 Å². The van der Waals surface area contributed by atoms with Crippen molar-refractivity contribution in [2.45, 2.75) is 24.5 Å². The Hall–Kier alpha value is -1.15. The summed E-state index contributed by atoms with van der Waals surface area (Å²) in [7, 11) is -2.10. The van der Waals surface area contributed by atoms with Crippen molar-refractivity contribution in [2.24, 2.45) is 0 Å². The second kappa shape index (κ2) is 6.09. The molecule has 1 aliphatic heterocycles. The predicted molar refractivity (Wildman–Crippen MR) is 73.1 cm³/mol. The molecule has 0 radical (unpaired) electrons. The normalized spacial score (nSPS) is 20.9. The predicted octanol–water partition coefficient (Wildman–Crippen LogP) is 0.597.